The highest BCUT2D eigenvalue weighted by Gasteiger charge is 2.22. The normalized spacial score (nSPS) is 19.0. The summed E-state index contributed by atoms with van der Waals surface area (Å²) in [4.78, 5) is 11.8. The molecule has 4 nitrogen and oxygen atoms in total. The highest BCUT2D eigenvalue weighted by atomic mass is 15.2. The Balaban J connectivity index is 2.17. The van der Waals surface area contributed by atoms with E-state index in [0.717, 1.165) is 43.6 Å². The van der Waals surface area contributed by atoms with Crippen molar-refractivity contribution in [3.63, 3.8) is 0 Å². The Bertz CT molecular complexity index is 456. The number of anilines is 1. The summed E-state index contributed by atoms with van der Waals surface area (Å²) in [5.41, 5.74) is 2.38. The van der Waals surface area contributed by atoms with Gasteiger partial charge in [-0.25, -0.2) is 9.97 Å². The van der Waals surface area contributed by atoms with E-state index in [2.05, 4.69) is 49.8 Å². The second kappa shape index (κ2) is 7.21. The fourth-order valence-corrected chi connectivity index (χ4v) is 2.73. The minimum absolute atomic E-state index is 0.375. The van der Waals surface area contributed by atoms with Crippen LogP contribution in [0.4, 0.5) is 5.69 Å². The highest BCUT2D eigenvalue weighted by molar-refractivity contribution is 5.50. The molecule has 21 heavy (non-hydrogen) atoms. The van der Waals surface area contributed by atoms with Gasteiger partial charge in [-0.05, 0) is 24.8 Å². The van der Waals surface area contributed by atoms with Gasteiger partial charge in [0.2, 0.25) is 0 Å². The summed E-state index contributed by atoms with van der Waals surface area (Å²) < 4.78 is 0. The fourth-order valence-electron chi connectivity index (χ4n) is 2.73. The van der Waals surface area contributed by atoms with Gasteiger partial charge in [0.15, 0.2) is 0 Å². The van der Waals surface area contributed by atoms with Crippen molar-refractivity contribution in [2.45, 2.75) is 53.5 Å². The van der Waals surface area contributed by atoms with Crippen LogP contribution in [-0.4, -0.2) is 29.6 Å². The first-order valence-electron chi connectivity index (χ1n) is 8.28. The minimum Gasteiger partial charge on any atom is -0.368 e. The number of rotatable bonds is 6. The molecule has 4 heteroatoms. The van der Waals surface area contributed by atoms with Crippen molar-refractivity contribution in [1.29, 1.82) is 0 Å². The van der Waals surface area contributed by atoms with E-state index in [0.29, 0.717) is 11.8 Å². The van der Waals surface area contributed by atoms with Gasteiger partial charge in [-0.1, -0.05) is 34.6 Å². The third-order valence-corrected chi connectivity index (χ3v) is 3.99. The molecule has 1 saturated heterocycles. The van der Waals surface area contributed by atoms with Crippen molar-refractivity contribution in [3.05, 3.63) is 17.7 Å². The van der Waals surface area contributed by atoms with Gasteiger partial charge < -0.3 is 10.2 Å². The molecule has 2 heterocycles. The van der Waals surface area contributed by atoms with Crippen molar-refractivity contribution in [3.8, 4) is 0 Å². The van der Waals surface area contributed by atoms with E-state index >= 15 is 0 Å². The first-order valence-corrected chi connectivity index (χ1v) is 8.28. The molecule has 0 aromatic carbocycles. The van der Waals surface area contributed by atoms with E-state index in [1.54, 1.807) is 0 Å². The lowest BCUT2D eigenvalue weighted by molar-refractivity contribution is 0.545. The largest absolute Gasteiger partial charge is 0.368 e. The van der Waals surface area contributed by atoms with Gasteiger partial charge in [0.25, 0.3) is 0 Å². The number of nitrogens with one attached hydrogen (secondary N) is 1. The third-order valence-electron chi connectivity index (χ3n) is 3.99. The van der Waals surface area contributed by atoms with Gasteiger partial charge in [-0.2, -0.15) is 0 Å². The van der Waals surface area contributed by atoms with E-state index in [1.165, 1.54) is 12.1 Å². The predicted octanol–water partition coefficient (Wildman–Crippen LogP) is 3.19. The molecule has 1 unspecified atom stereocenters. The van der Waals surface area contributed by atoms with Crippen LogP contribution in [-0.2, 0) is 6.54 Å². The summed E-state index contributed by atoms with van der Waals surface area (Å²) in [5, 5.41) is 3.53. The molecule has 0 bridgehead atoms. The van der Waals surface area contributed by atoms with Crippen LogP contribution >= 0.6 is 0 Å². The molecule has 1 aliphatic rings. The zero-order valence-electron chi connectivity index (χ0n) is 14.2. The standard InChI is InChI=1S/C17H30N4/c1-12(2)8-18-9-15-16(21-7-6-14(5)11-21)10-19-17(20-15)13(3)4/h10,12-14,18H,6-9,11H2,1-5H3. The Labute approximate surface area is 129 Å². The summed E-state index contributed by atoms with van der Waals surface area (Å²) in [6.07, 6.45) is 3.30. The van der Waals surface area contributed by atoms with E-state index in [9.17, 15) is 0 Å². The average Bonchev–Trinajstić information content (AvgIpc) is 2.84. The molecule has 0 amide bonds. The molecular formula is C17H30N4. The SMILES string of the molecule is CC(C)CNCc1nc(C(C)C)ncc1N1CCC(C)C1. The third kappa shape index (κ3) is 4.40. The number of nitrogens with zero attached hydrogens (tertiary/aromatic N) is 3. The van der Waals surface area contributed by atoms with Crippen molar-refractivity contribution < 1.29 is 0 Å². The second-order valence-corrected chi connectivity index (χ2v) is 7.08. The van der Waals surface area contributed by atoms with E-state index in [1.807, 2.05) is 6.20 Å². The Hall–Kier alpha value is -1.16. The van der Waals surface area contributed by atoms with Gasteiger partial charge in [0, 0.05) is 25.6 Å². The predicted molar refractivity (Wildman–Crippen MR) is 88.7 cm³/mol. The Morgan fingerprint density at radius 1 is 1.33 bits per heavy atom. The molecule has 2 rings (SSSR count). The quantitative estimate of drug-likeness (QED) is 0.873. The molecule has 1 fully saturated rings. The van der Waals surface area contributed by atoms with Crippen molar-refractivity contribution >= 4 is 5.69 Å². The molecule has 1 aromatic heterocycles. The van der Waals surface area contributed by atoms with E-state index in [-0.39, 0.29) is 0 Å². The van der Waals surface area contributed by atoms with Crippen LogP contribution in [0.25, 0.3) is 0 Å². The lowest BCUT2D eigenvalue weighted by Crippen LogP contribution is -2.26. The highest BCUT2D eigenvalue weighted by Crippen LogP contribution is 2.26. The molecule has 1 aromatic rings. The van der Waals surface area contributed by atoms with Crippen molar-refractivity contribution in [1.82, 2.24) is 15.3 Å². The molecule has 1 atom stereocenters. The first-order chi connectivity index (χ1) is 9.97. The minimum atomic E-state index is 0.375. The van der Waals surface area contributed by atoms with Crippen LogP contribution in [0.3, 0.4) is 0 Å². The van der Waals surface area contributed by atoms with Crippen LogP contribution in [0.2, 0.25) is 0 Å². The van der Waals surface area contributed by atoms with Crippen LogP contribution in [0.5, 0.6) is 0 Å². The van der Waals surface area contributed by atoms with E-state index < -0.39 is 0 Å². The molecule has 1 aliphatic heterocycles. The summed E-state index contributed by atoms with van der Waals surface area (Å²) >= 11 is 0. The maximum atomic E-state index is 4.82. The Kier molecular flexibility index (Phi) is 5.57. The topological polar surface area (TPSA) is 41.1 Å². The molecule has 0 spiro atoms. The zero-order valence-corrected chi connectivity index (χ0v) is 14.2. The monoisotopic (exact) mass is 290 g/mol. The van der Waals surface area contributed by atoms with Crippen molar-refractivity contribution in [2.75, 3.05) is 24.5 Å². The Morgan fingerprint density at radius 3 is 2.67 bits per heavy atom. The average molecular weight is 290 g/mol. The first kappa shape index (κ1) is 16.2. The smallest absolute Gasteiger partial charge is 0.131 e. The summed E-state index contributed by atoms with van der Waals surface area (Å²) in [6, 6.07) is 0. The van der Waals surface area contributed by atoms with Gasteiger partial charge in [-0.3, -0.25) is 0 Å². The van der Waals surface area contributed by atoms with E-state index in [4.69, 9.17) is 4.98 Å². The van der Waals surface area contributed by atoms with Crippen LogP contribution in [0, 0.1) is 11.8 Å². The number of aromatic nitrogens is 2. The summed E-state index contributed by atoms with van der Waals surface area (Å²) in [5.74, 6) is 2.76. The van der Waals surface area contributed by atoms with Crippen molar-refractivity contribution in [2.24, 2.45) is 11.8 Å². The zero-order chi connectivity index (χ0) is 15.4. The number of hydrogen-bond acceptors (Lipinski definition) is 4. The molecule has 118 valence electrons. The lowest BCUT2D eigenvalue weighted by atomic mass is 10.2. The maximum absolute atomic E-state index is 4.82. The van der Waals surface area contributed by atoms with Crippen LogP contribution in [0.1, 0.15) is 58.5 Å². The van der Waals surface area contributed by atoms with Crippen LogP contribution in [0.15, 0.2) is 6.20 Å². The van der Waals surface area contributed by atoms with Gasteiger partial charge >= 0.3 is 0 Å². The second-order valence-electron chi connectivity index (χ2n) is 7.08. The van der Waals surface area contributed by atoms with Gasteiger partial charge in [0.05, 0.1) is 17.6 Å². The molecular weight excluding hydrogens is 260 g/mol. The van der Waals surface area contributed by atoms with Crippen LogP contribution < -0.4 is 10.2 Å². The molecule has 0 saturated carbocycles. The molecule has 0 aliphatic carbocycles. The van der Waals surface area contributed by atoms with Gasteiger partial charge in [0.1, 0.15) is 5.82 Å². The lowest BCUT2D eigenvalue weighted by Gasteiger charge is -2.22. The number of hydrogen-bond donors (Lipinski definition) is 1. The molecule has 1 N–H and O–H groups in total. The summed E-state index contributed by atoms with van der Waals surface area (Å²) in [7, 11) is 0. The molecule has 0 radical (unpaired) electrons. The van der Waals surface area contributed by atoms with Gasteiger partial charge in [-0.15, -0.1) is 0 Å². The fraction of sp³-hybridized carbons (Fsp3) is 0.765. The maximum Gasteiger partial charge on any atom is 0.131 e. The summed E-state index contributed by atoms with van der Waals surface area (Å²) in [6.45, 7) is 15.2. The Morgan fingerprint density at radius 2 is 2.10 bits per heavy atom.